The molecule has 2 aromatic carbocycles. The van der Waals surface area contributed by atoms with Crippen LogP contribution in [0.15, 0.2) is 73.6 Å². The number of aliphatic carboxylic acids is 1. The maximum absolute atomic E-state index is 15.4. The number of rotatable bonds is 28. The van der Waals surface area contributed by atoms with Gasteiger partial charge in [-0.25, -0.2) is 9.97 Å². The summed E-state index contributed by atoms with van der Waals surface area (Å²) >= 11 is 6.26. The van der Waals surface area contributed by atoms with Crippen LogP contribution >= 0.6 is 33.2 Å². The molecular formula is C62H82ClGd2N17O16S2-2. The topological polar surface area (TPSA) is 479 Å². The Kier molecular flexibility index (Phi) is 36.9. The third kappa shape index (κ3) is 28.5. The molecule has 16 N–H and O–H groups in total. The summed E-state index contributed by atoms with van der Waals surface area (Å²) in [4.78, 5) is 198. The third-order valence-corrected chi connectivity index (χ3v) is 18.1. The number of aliphatic hydroxyl groups is 1. The Hall–Kier alpha value is -6.93. The molecule has 0 aliphatic carbocycles. The molecular weight excluding hydrogens is 1650 g/mol. The van der Waals surface area contributed by atoms with E-state index in [2.05, 4.69) is 92.3 Å². The van der Waals surface area contributed by atoms with Crippen molar-refractivity contribution in [3.8, 4) is 5.75 Å². The predicted octanol–water partition coefficient (Wildman–Crippen LogP) is -3.53. The fourth-order valence-electron chi connectivity index (χ4n) is 10.5. The summed E-state index contributed by atoms with van der Waals surface area (Å²) in [6.45, 7) is 9.51. The van der Waals surface area contributed by atoms with Crippen LogP contribution in [0.4, 0.5) is 0 Å². The molecule has 2 aliphatic rings. The largest absolute Gasteiger partial charge is 0.506 e. The van der Waals surface area contributed by atoms with Gasteiger partial charge in [0.2, 0.25) is 59.1 Å². The van der Waals surface area contributed by atoms with Crippen molar-refractivity contribution in [3.05, 3.63) is 115 Å². The van der Waals surface area contributed by atoms with Crippen LogP contribution in [0.5, 0.6) is 5.75 Å². The SMILES string of the molecule is [CH2-]C(=O)NCCN(CCNC([CH2-])=O)CC(=O)N[C@@H](Cc1ccccc1)C(=O)N[C@@H](Cc1cnc[nH]1)C(=O)N[C@H]1CSSC[C@@H](C(=O)N[C@@H](Cc2cnc[nH]2)C(=O)NC)NC(=O)[C@H](CC(C)C)NC(=O)[C@H](CC(=O)O)NC(=O)[C@H](Cc2ccc(O)c(Cl)c2)NC(=O)[C@@H]2CC(O)CN2C1=O.[Gd].[Gd]. The predicted molar refractivity (Wildman–Crippen MR) is 357 cm³/mol. The molecule has 0 saturated carbocycles. The zero-order chi connectivity index (χ0) is 71.6. The minimum absolute atomic E-state index is 0. The number of aromatic amines is 2. The number of nitrogens with one attached hydrogen (secondary N) is 13. The molecule has 4 heterocycles. The van der Waals surface area contributed by atoms with Gasteiger partial charge >= 0.3 is 5.97 Å². The second-order valence-electron chi connectivity index (χ2n) is 23.6. The van der Waals surface area contributed by atoms with E-state index in [4.69, 9.17) is 11.6 Å². The van der Waals surface area contributed by atoms with Crippen molar-refractivity contribution in [2.75, 3.05) is 57.8 Å². The minimum atomic E-state index is -1.93. The number of H-pyrrole nitrogens is 2. The van der Waals surface area contributed by atoms with Crippen molar-refractivity contribution in [2.45, 2.75) is 119 Å². The molecule has 2 aliphatic heterocycles. The number of benzene rings is 2. The van der Waals surface area contributed by atoms with E-state index < -0.39 is 169 Å². The molecule has 12 amide bonds. The van der Waals surface area contributed by atoms with Crippen molar-refractivity contribution in [1.82, 2.24) is 88.2 Å². The van der Waals surface area contributed by atoms with E-state index in [0.717, 1.165) is 26.5 Å². The molecule has 548 valence electrons. The summed E-state index contributed by atoms with van der Waals surface area (Å²) in [6.07, 6.45) is 1.53. The van der Waals surface area contributed by atoms with Crippen molar-refractivity contribution in [1.29, 1.82) is 0 Å². The maximum atomic E-state index is 15.4. The molecule has 0 spiro atoms. The second kappa shape index (κ2) is 43.1. The number of carbonyl (C=O) groups is 13. The first-order chi connectivity index (χ1) is 46.7. The first kappa shape index (κ1) is 85.5. The minimum Gasteiger partial charge on any atom is -0.506 e. The number of phenols is 1. The number of amides is 12. The number of carboxylic acids is 1. The van der Waals surface area contributed by atoms with Gasteiger partial charge in [0.1, 0.15) is 60.1 Å². The number of phenolic OH excluding ortho intramolecular Hbond substituents is 1. The van der Waals surface area contributed by atoms with Gasteiger partial charge in [-0.05, 0) is 35.6 Å². The average Bonchev–Trinajstić information content (AvgIpc) is 1.62. The van der Waals surface area contributed by atoms with E-state index in [0.29, 0.717) is 17.0 Å². The van der Waals surface area contributed by atoms with Crippen LogP contribution in [-0.2, 0) is 88.0 Å². The first-order valence-electron chi connectivity index (χ1n) is 31.1. The number of likely N-dealkylation sites (N-methyl/N-ethyl adjacent to an activating group) is 1. The number of aromatic hydroxyl groups is 1. The van der Waals surface area contributed by atoms with Gasteiger partial charge in [-0.15, -0.1) is 0 Å². The average molecular weight is 1740 g/mol. The standard InChI is InChI=1S/C62H82ClN17O16S2.2Gd/c1-33(2)17-42-55(89)77-48(60(94)73-45(54(88)64-5)21-38-25-65-31-69-38)29-97-98-30-49(62(96)80-27-40(83)23-50(80)61(95)76-44(20-37-11-12-51(84)41(63)18-37)57(91)75-47(24-53(86)87)59(93)72-42)78-58(92)46(22-39-26-66-32-70-39)74-56(90)43(19-36-9-7-6-8-10-36)71-52(85)28-79(15-13-67-34(3)81)16-14-68-35(4)82;;/h6-12,18,25-26,31-33,40,42-50,83-84H,3-4,13-17,19-24,27-30H2,1-2,5H3,(H,64,88)(H,65,69)(H,66,70)(H,67,81)(H,68,82)(H,71,85)(H,72,93)(H,73,94)(H,74,90)(H,75,91)(H,76,95)(H,77,89)(H,78,92)(H,86,87);;/q-2;;/t40?,42-,43-,44-,45-,46-,47-,48-,49-,50-;;/m0../s1. The van der Waals surface area contributed by atoms with E-state index in [1.165, 1.54) is 50.3 Å². The summed E-state index contributed by atoms with van der Waals surface area (Å²) in [7, 11) is 3.13. The Morgan fingerprint density at radius 1 is 0.710 bits per heavy atom. The number of imidazole rings is 2. The van der Waals surface area contributed by atoms with Gasteiger partial charge in [-0.3, -0.25) is 57.6 Å². The van der Waals surface area contributed by atoms with Gasteiger partial charge < -0.3 is 112 Å². The Morgan fingerprint density at radius 2 is 1.28 bits per heavy atom. The van der Waals surface area contributed by atoms with Gasteiger partial charge in [0.05, 0.1) is 48.6 Å². The summed E-state index contributed by atoms with van der Waals surface area (Å²) in [5.41, 5.74) is 1.58. The van der Waals surface area contributed by atoms with Gasteiger partial charge in [0.15, 0.2) is 0 Å². The monoisotopic (exact) mass is 1740 g/mol. The number of carbonyl (C=O) groups excluding carboxylic acids is 12. The van der Waals surface area contributed by atoms with Crippen LogP contribution < -0.4 is 58.5 Å². The zero-order valence-electron chi connectivity index (χ0n) is 54.6. The quantitative estimate of drug-likeness (QED) is 0.0193. The van der Waals surface area contributed by atoms with E-state index >= 15 is 9.59 Å². The summed E-state index contributed by atoms with van der Waals surface area (Å²) in [6, 6.07) is -1.84. The van der Waals surface area contributed by atoms with Crippen molar-refractivity contribution >= 4 is 110 Å². The second-order valence-corrected chi connectivity index (χ2v) is 26.5. The Balaban J connectivity index is 0.0000106. The van der Waals surface area contributed by atoms with E-state index in [9.17, 15) is 68.1 Å². The molecule has 10 atom stereocenters. The normalized spacial score (nSPS) is 20.1. The van der Waals surface area contributed by atoms with Crippen molar-refractivity contribution < 1.29 is 158 Å². The third-order valence-electron chi connectivity index (χ3n) is 15.4. The smallest absolute Gasteiger partial charge is 0.305 e. The number of hydrogen-bond acceptors (Lipinski definition) is 20. The van der Waals surface area contributed by atoms with Crippen molar-refractivity contribution in [2.24, 2.45) is 5.92 Å². The van der Waals surface area contributed by atoms with Gasteiger partial charge in [-0.1, -0.05) is 83.4 Å². The van der Waals surface area contributed by atoms with Crippen LogP contribution in [0.3, 0.4) is 0 Å². The number of aromatic nitrogens is 4. The van der Waals surface area contributed by atoms with E-state index in [1.807, 2.05) is 0 Å². The molecule has 1 unspecified atom stereocenters. The Bertz CT molecular complexity index is 3420. The fourth-order valence-corrected chi connectivity index (χ4v) is 13.0. The number of aliphatic hydroxyl groups excluding tert-OH is 1. The number of fused-ring (bicyclic) bond motifs is 1. The molecule has 100 heavy (non-hydrogen) atoms. The number of hydrogen-bond donors (Lipinski definition) is 16. The summed E-state index contributed by atoms with van der Waals surface area (Å²) in [5.74, 6) is -13.6. The number of nitrogens with zero attached hydrogens (tertiary/aromatic N) is 4. The molecule has 2 fully saturated rings. The molecule has 0 bridgehead atoms. The molecule has 2 saturated heterocycles. The van der Waals surface area contributed by atoms with Crippen molar-refractivity contribution in [3.63, 3.8) is 0 Å². The van der Waals surface area contributed by atoms with Crippen LogP contribution in [0, 0.1) is 99.6 Å². The molecule has 0 radical (unpaired) electrons. The fraction of sp³-hybridized carbons (Fsp3) is 0.468. The van der Waals surface area contributed by atoms with E-state index in [1.54, 1.807) is 49.1 Å². The maximum Gasteiger partial charge on any atom is 0.305 e. The molecule has 33 nitrogen and oxygen atoms in total. The number of carboxylic acid groups (broad SMARTS) is 1. The molecule has 2 aromatic heterocycles. The first-order valence-corrected chi connectivity index (χ1v) is 34.0. The Morgan fingerprint density at radius 3 is 1.85 bits per heavy atom. The summed E-state index contributed by atoms with van der Waals surface area (Å²) in [5, 5.41) is 60.0. The van der Waals surface area contributed by atoms with Crippen LogP contribution in [-0.4, -0.2) is 240 Å². The van der Waals surface area contributed by atoms with E-state index in [-0.39, 0.29) is 166 Å². The van der Waals surface area contributed by atoms with Gasteiger partial charge in [-0.2, -0.15) is 0 Å². The Labute approximate surface area is 653 Å². The zero-order valence-corrected chi connectivity index (χ0v) is 61.6. The van der Waals surface area contributed by atoms with Crippen LogP contribution in [0.1, 0.15) is 55.6 Å². The summed E-state index contributed by atoms with van der Waals surface area (Å²) < 4.78 is 0. The van der Waals surface area contributed by atoms with Gasteiger partial charge in [0.25, 0.3) is 0 Å². The molecule has 38 heteroatoms. The number of halogens is 1. The molecule has 4 aromatic rings. The van der Waals surface area contributed by atoms with Crippen LogP contribution in [0.2, 0.25) is 5.02 Å². The van der Waals surface area contributed by atoms with Crippen LogP contribution in [0.25, 0.3) is 0 Å². The van der Waals surface area contributed by atoms with Gasteiger partial charge in [0, 0.05) is 187 Å². The molecule has 6 rings (SSSR count).